The van der Waals surface area contributed by atoms with Crippen LogP contribution in [0.3, 0.4) is 0 Å². The van der Waals surface area contributed by atoms with Gasteiger partial charge in [0.15, 0.2) is 0 Å². The highest BCUT2D eigenvalue weighted by molar-refractivity contribution is 6.42. The molecule has 1 aliphatic heterocycles. The van der Waals surface area contributed by atoms with Gasteiger partial charge in [0.25, 0.3) is 0 Å². The number of hydrogen-bond donors (Lipinski definition) is 1. The maximum Gasteiger partial charge on any atom is 0.0595 e. The van der Waals surface area contributed by atoms with Crippen LogP contribution in [0.15, 0.2) is 48.6 Å². The summed E-state index contributed by atoms with van der Waals surface area (Å²) in [5.41, 5.74) is 5.33. The largest absolute Gasteiger partial charge is 0.377 e. The Bertz CT molecular complexity index is 809. The van der Waals surface area contributed by atoms with Crippen molar-refractivity contribution in [3.05, 3.63) is 75.3 Å². The zero-order chi connectivity index (χ0) is 16.8. The molecule has 0 bridgehead atoms. The van der Waals surface area contributed by atoms with E-state index in [9.17, 15) is 0 Å². The molecular weight excluding hydrogens is 337 g/mol. The van der Waals surface area contributed by atoms with Crippen molar-refractivity contribution in [1.29, 1.82) is 0 Å². The minimum Gasteiger partial charge on any atom is -0.377 e. The number of halogens is 2. The summed E-state index contributed by atoms with van der Waals surface area (Å²) in [6.07, 6.45) is 5.78. The van der Waals surface area contributed by atoms with Crippen LogP contribution in [0.5, 0.6) is 0 Å². The fourth-order valence-corrected chi connectivity index (χ4v) is 4.47. The smallest absolute Gasteiger partial charge is 0.0595 e. The van der Waals surface area contributed by atoms with Crippen LogP contribution in [-0.4, -0.2) is 0 Å². The second-order valence-corrected chi connectivity index (χ2v) is 7.93. The highest BCUT2D eigenvalue weighted by Gasteiger charge is 2.38. The number of fused-ring (bicyclic) bond motifs is 3. The van der Waals surface area contributed by atoms with Crippen molar-refractivity contribution < 1.29 is 0 Å². The van der Waals surface area contributed by atoms with Gasteiger partial charge in [-0.05, 0) is 47.1 Å². The van der Waals surface area contributed by atoms with Crippen molar-refractivity contribution in [3.8, 4) is 0 Å². The van der Waals surface area contributed by atoms with E-state index in [-0.39, 0.29) is 6.04 Å². The van der Waals surface area contributed by atoms with Crippen LogP contribution in [0, 0.1) is 5.92 Å². The number of rotatable bonds is 2. The predicted molar refractivity (Wildman–Crippen MR) is 103 cm³/mol. The Hall–Kier alpha value is -1.44. The van der Waals surface area contributed by atoms with Gasteiger partial charge in [-0.15, -0.1) is 0 Å². The number of hydrogen-bond acceptors (Lipinski definition) is 1. The van der Waals surface area contributed by atoms with Crippen molar-refractivity contribution in [2.75, 3.05) is 5.32 Å². The summed E-state index contributed by atoms with van der Waals surface area (Å²) in [6, 6.07) is 13.0. The molecule has 124 valence electrons. The zero-order valence-electron chi connectivity index (χ0n) is 13.9. The molecule has 3 atom stereocenters. The maximum absolute atomic E-state index is 6.28. The van der Waals surface area contributed by atoms with Crippen molar-refractivity contribution in [2.24, 2.45) is 5.92 Å². The molecule has 24 heavy (non-hydrogen) atoms. The molecule has 2 aromatic rings. The molecule has 4 rings (SSSR count). The molecule has 0 aromatic heterocycles. The molecule has 0 spiro atoms. The van der Waals surface area contributed by atoms with Crippen LogP contribution in [0.4, 0.5) is 5.69 Å². The van der Waals surface area contributed by atoms with Crippen LogP contribution in [0.1, 0.15) is 54.8 Å². The van der Waals surface area contributed by atoms with E-state index >= 15 is 0 Å². The van der Waals surface area contributed by atoms with E-state index in [0.29, 0.717) is 27.8 Å². The molecule has 3 heteroatoms. The van der Waals surface area contributed by atoms with E-state index in [1.807, 2.05) is 12.1 Å². The van der Waals surface area contributed by atoms with E-state index < -0.39 is 0 Å². The monoisotopic (exact) mass is 357 g/mol. The Morgan fingerprint density at radius 2 is 1.92 bits per heavy atom. The molecule has 2 aromatic carbocycles. The summed E-state index contributed by atoms with van der Waals surface area (Å²) < 4.78 is 0. The number of para-hydroxylation sites is 1. The molecule has 0 radical (unpaired) electrons. The summed E-state index contributed by atoms with van der Waals surface area (Å²) >= 11 is 12.4. The van der Waals surface area contributed by atoms with Crippen molar-refractivity contribution >= 4 is 28.9 Å². The van der Waals surface area contributed by atoms with E-state index in [1.165, 1.54) is 22.4 Å². The van der Waals surface area contributed by atoms with Gasteiger partial charge in [-0.2, -0.15) is 0 Å². The third-order valence-electron chi connectivity index (χ3n) is 5.35. The van der Waals surface area contributed by atoms with Crippen LogP contribution >= 0.6 is 23.2 Å². The molecule has 0 amide bonds. The van der Waals surface area contributed by atoms with Crippen LogP contribution in [0.2, 0.25) is 10.0 Å². The zero-order valence-corrected chi connectivity index (χ0v) is 15.4. The topological polar surface area (TPSA) is 12.0 Å². The van der Waals surface area contributed by atoms with Gasteiger partial charge in [-0.3, -0.25) is 0 Å². The number of anilines is 1. The predicted octanol–water partition coefficient (Wildman–Crippen LogP) is 6.94. The molecule has 0 saturated heterocycles. The second-order valence-electron chi connectivity index (χ2n) is 7.12. The molecule has 1 nitrogen and oxygen atoms in total. The Morgan fingerprint density at radius 1 is 1.08 bits per heavy atom. The molecule has 0 saturated carbocycles. The number of benzene rings is 2. The highest BCUT2D eigenvalue weighted by Crippen LogP contribution is 2.51. The van der Waals surface area contributed by atoms with Crippen molar-refractivity contribution in [3.63, 3.8) is 0 Å². The fourth-order valence-electron chi connectivity index (χ4n) is 4.16. The quantitative estimate of drug-likeness (QED) is 0.573. The molecule has 2 aliphatic rings. The van der Waals surface area contributed by atoms with E-state index in [2.05, 4.69) is 55.6 Å². The van der Waals surface area contributed by atoms with E-state index in [0.717, 1.165) is 6.42 Å². The van der Waals surface area contributed by atoms with E-state index in [1.54, 1.807) is 0 Å². The molecule has 1 N–H and O–H groups in total. The summed E-state index contributed by atoms with van der Waals surface area (Å²) in [5, 5.41) is 5.08. The van der Waals surface area contributed by atoms with Crippen molar-refractivity contribution in [1.82, 2.24) is 0 Å². The van der Waals surface area contributed by atoms with E-state index in [4.69, 9.17) is 23.2 Å². The number of allylic oxidation sites excluding steroid dienone is 2. The van der Waals surface area contributed by atoms with Gasteiger partial charge in [0.1, 0.15) is 0 Å². The van der Waals surface area contributed by atoms with Gasteiger partial charge in [0, 0.05) is 11.6 Å². The summed E-state index contributed by atoms with van der Waals surface area (Å²) in [4.78, 5) is 0. The van der Waals surface area contributed by atoms with Gasteiger partial charge in [0.2, 0.25) is 0 Å². The lowest BCUT2D eigenvalue weighted by Crippen LogP contribution is -2.30. The normalized spacial score (nSPS) is 24.6. The first kappa shape index (κ1) is 16.1. The Morgan fingerprint density at radius 3 is 2.67 bits per heavy atom. The Kier molecular flexibility index (Phi) is 4.10. The van der Waals surface area contributed by atoms with Gasteiger partial charge in [-0.25, -0.2) is 0 Å². The summed E-state index contributed by atoms with van der Waals surface area (Å²) in [5.74, 6) is 1.49. The number of nitrogens with one attached hydrogen (secondary N) is 1. The lowest BCUT2D eigenvalue weighted by Gasteiger charge is -2.39. The Balaban J connectivity index is 1.83. The average molecular weight is 358 g/mol. The molecule has 1 aliphatic carbocycles. The molecular formula is C21H21Cl2N. The summed E-state index contributed by atoms with van der Waals surface area (Å²) in [6.45, 7) is 4.50. The van der Waals surface area contributed by atoms with Gasteiger partial charge >= 0.3 is 0 Å². The Labute approximate surface area is 153 Å². The lowest BCUT2D eigenvalue weighted by atomic mass is 9.75. The molecule has 1 heterocycles. The first-order valence-electron chi connectivity index (χ1n) is 8.57. The molecule has 0 fully saturated rings. The molecule has 0 unspecified atom stereocenters. The van der Waals surface area contributed by atoms with Gasteiger partial charge < -0.3 is 5.32 Å². The third-order valence-corrected chi connectivity index (χ3v) is 6.09. The second kappa shape index (κ2) is 6.13. The average Bonchev–Trinajstić information content (AvgIpc) is 3.06. The summed E-state index contributed by atoms with van der Waals surface area (Å²) in [7, 11) is 0. The first-order chi connectivity index (χ1) is 11.6. The minimum absolute atomic E-state index is 0.257. The maximum atomic E-state index is 6.28. The lowest BCUT2D eigenvalue weighted by molar-refractivity contribution is 0.424. The van der Waals surface area contributed by atoms with Gasteiger partial charge in [0.05, 0.1) is 16.1 Å². The van der Waals surface area contributed by atoms with Crippen LogP contribution in [-0.2, 0) is 0 Å². The SMILES string of the molecule is CC(C)c1cccc2c1N[C@H](c1ccc(Cl)c(Cl)c1)[C@@H]1CC=C[C@@H]21. The highest BCUT2D eigenvalue weighted by atomic mass is 35.5. The first-order valence-corrected chi connectivity index (χ1v) is 9.33. The van der Waals surface area contributed by atoms with Crippen LogP contribution in [0.25, 0.3) is 0 Å². The fraction of sp³-hybridized carbons (Fsp3) is 0.333. The van der Waals surface area contributed by atoms with Crippen LogP contribution < -0.4 is 5.32 Å². The standard InChI is InChI=1S/C21H21Cl2N/c1-12(2)14-5-3-8-17-15-6-4-7-16(15)20(24-21(14)17)13-9-10-18(22)19(23)11-13/h3-6,8-12,15-16,20,24H,7H2,1-2H3/t15-,16-,20-/m1/s1. The minimum atomic E-state index is 0.257. The van der Waals surface area contributed by atoms with Crippen molar-refractivity contribution in [2.45, 2.75) is 38.1 Å². The van der Waals surface area contributed by atoms with Gasteiger partial charge in [-0.1, -0.05) is 73.5 Å². The third kappa shape index (κ3) is 2.55.